The molecule has 8 nitrogen and oxygen atoms in total. The summed E-state index contributed by atoms with van der Waals surface area (Å²) in [6.45, 7) is 10.3. The van der Waals surface area contributed by atoms with E-state index in [1.165, 1.54) is 0 Å². The molecule has 0 bridgehead atoms. The van der Waals surface area contributed by atoms with Gasteiger partial charge >= 0.3 is 0 Å². The molecule has 8 heteroatoms. The molecule has 3 aromatic heterocycles. The summed E-state index contributed by atoms with van der Waals surface area (Å²) in [5.74, 6) is -0.179. The quantitative estimate of drug-likeness (QED) is 0.633. The van der Waals surface area contributed by atoms with Crippen LogP contribution in [-0.2, 0) is 13.0 Å². The van der Waals surface area contributed by atoms with Gasteiger partial charge in [-0.15, -0.1) is 0 Å². The molecule has 4 heterocycles. The fourth-order valence-corrected chi connectivity index (χ4v) is 3.77. The molecule has 0 saturated carbocycles. The molecule has 3 aromatic rings. The molecule has 1 saturated heterocycles. The van der Waals surface area contributed by atoms with Crippen LogP contribution >= 0.6 is 0 Å². The number of piperazine rings is 1. The Morgan fingerprint density at radius 3 is 2.50 bits per heavy atom. The Labute approximate surface area is 191 Å². The minimum Gasteiger partial charge on any atom is -0.368 e. The third kappa shape index (κ3) is 5.31. The summed E-state index contributed by atoms with van der Waals surface area (Å²) >= 11 is 0. The van der Waals surface area contributed by atoms with Crippen LogP contribution < -0.4 is 15.8 Å². The van der Waals surface area contributed by atoms with Crippen LogP contribution in [0.5, 0.6) is 0 Å². The number of rotatable bonds is 5. The molecule has 0 radical (unpaired) electrons. The average Bonchev–Trinajstić information content (AvgIpc) is 2.85. The molecule has 1 aliphatic rings. The van der Waals surface area contributed by atoms with Crippen LogP contribution in [0, 0.1) is 0 Å². The molecule has 174 valence electrons. The van der Waals surface area contributed by atoms with Crippen molar-refractivity contribution in [2.75, 3.05) is 38.1 Å². The van der Waals surface area contributed by atoms with Crippen molar-refractivity contribution in [2.24, 2.45) is 0 Å². The van der Waals surface area contributed by atoms with Crippen LogP contribution in [0.3, 0.4) is 0 Å². The van der Waals surface area contributed by atoms with Gasteiger partial charge in [0.05, 0.1) is 23.1 Å². The van der Waals surface area contributed by atoms with Crippen LogP contribution in [0.15, 0.2) is 41.5 Å². The molecule has 32 heavy (non-hydrogen) atoms. The molecule has 1 aliphatic heterocycles. The summed E-state index contributed by atoms with van der Waals surface area (Å²) in [6, 6.07) is 7.60. The number of carbonyl (C=O) groups is 1. The fourth-order valence-electron chi connectivity index (χ4n) is 3.77. The Morgan fingerprint density at radius 1 is 1.12 bits per heavy atom. The number of aryl methyl sites for hydroxylation is 1. The van der Waals surface area contributed by atoms with Gasteiger partial charge in [-0.25, -0.2) is 4.98 Å². The van der Waals surface area contributed by atoms with E-state index in [1.54, 1.807) is 19.3 Å². The van der Waals surface area contributed by atoms with Gasteiger partial charge in [-0.2, -0.15) is 0 Å². The van der Waals surface area contributed by atoms with Crippen LogP contribution in [0.1, 0.15) is 45.4 Å². The minimum atomic E-state index is -0.179. The largest absolute Gasteiger partial charge is 0.368 e. The van der Waals surface area contributed by atoms with E-state index >= 15 is 0 Å². The highest BCUT2D eigenvalue weighted by Gasteiger charge is 2.18. The number of fused-ring (bicyclic) bond motifs is 1. The maximum absolute atomic E-state index is 12.1. The Bertz CT molecular complexity index is 1110. The number of hydrogen-bond donors (Lipinski definition) is 2. The van der Waals surface area contributed by atoms with Gasteiger partial charge in [0.15, 0.2) is 0 Å². The molecule has 1 amide bonds. The van der Waals surface area contributed by atoms with E-state index in [-0.39, 0.29) is 14.3 Å². The third-order valence-electron chi connectivity index (χ3n) is 5.57. The second-order valence-corrected chi connectivity index (χ2v) is 7.48. The average molecular weight is 441 g/mol. The van der Waals surface area contributed by atoms with Gasteiger partial charge in [0, 0.05) is 59.8 Å². The first-order chi connectivity index (χ1) is 15.6. The van der Waals surface area contributed by atoms with Crippen molar-refractivity contribution >= 4 is 22.5 Å². The lowest BCUT2D eigenvalue weighted by atomic mass is 10.1. The van der Waals surface area contributed by atoms with Gasteiger partial charge in [0.25, 0.3) is 11.5 Å². The maximum Gasteiger partial charge on any atom is 0.269 e. The number of H-pyrrole nitrogens is 1. The van der Waals surface area contributed by atoms with E-state index in [0.717, 1.165) is 60.6 Å². The smallest absolute Gasteiger partial charge is 0.269 e. The molecule has 0 spiro atoms. The molecule has 0 aromatic carbocycles. The summed E-state index contributed by atoms with van der Waals surface area (Å²) in [5, 5.41) is 3.55. The van der Waals surface area contributed by atoms with Crippen molar-refractivity contribution in [1.82, 2.24) is 25.2 Å². The molecule has 0 aliphatic carbocycles. The Balaban J connectivity index is 0.00000141. The minimum absolute atomic E-state index is 0. The molecule has 4 rings (SSSR count). The van der Waals surface area contributed by atoms with Gasteiger partial charge in [-0.1, -0.05) is 20.8 Å². The van der Waals surface area contributed by atoms with Crippen LogP contribution in [-0.4, -0.2) is 59.0 Å². The molecular formula is C24H36N6O2. The number of aromatic amines is 1. The fraction of sp³-hybridized carbons (Fsp3) is 0.417. The van der Waals surface area contributed by atoms with Gasteiger partial charge < -0.3 is 15.2 Å². The third-order valence-corrected chi connectivity index (χ3v) is 5.57. The summed E-state index contributed by atoms with van der Waals surface area (Å²) in [6.07, 6.45) is 4.31. The monoisotopic (exact) mass is 440 g/mol. The normalized spacial score (nSPS) is 14.1. The first-order valence-corrected chi connectivity index (χ1v) is 11.2. The lowest BCUT2D eigenvalue weighted by Gasteiger charge is -2.35. The molecular weight excluding hydrogens is 404 g/mol. The number of nitrogens with one attached hydrogen (secondary N) is 2. The summed E-state index contributed by atoms with van der Waals surface area (Å²) in [4.78, 5) is 40.2. The van der Waals surface area contributed by atoms with Crippen molar-refractivity contribution in [2.45, 2.75) is 33.7 Å². The first-order valence-electron chi connectivity index (χ1n) is 11.2. The zero-order valence-electron chi connectivity index (χ0n) is 19.3. The number of anilines is 1. The van der Waals surface area contributed by atoms with E-state index in [4.69, 9.17) is 0 Å². The summed E-state index contributed by atoms with van der Waals surface area (Å²) in [5.41, 5.74) is 4.00. The lowest BCUT2D eigenvalue weighted by Crippen LogP contribution is -2.46. The topological polar surface area (TPSA) is 94.2 Å². The number of nitrogens with zero attached hydrogens (tertiary/aromatic N) is 4. The van der Waals surface area contributed by atoms with Crippen LogP contribution in [0.4, 0.5) is 5.69 Å². The Hall–Kier alpha value is -3.26. The van der Waals surface area contributed by atoms with E-state index in [1.807, 2.05) is 45.2 Å². The molecule has 0 unspecified atom stereocenters. The van der Waals surface area contributed by atoms with E-state index in [0.29, 0.717) is 12.1 Å². The highest BCUT2D eigenvalue weighted by molar-refractivity contribution is 5.92. The van der Waals surface area contributed by atoms with Gasteiger partial charge in [0.2, 0.25) is 0 Å². The number of pyridine rings is 3. The predicted molar refractivity (Wildman–Crippen MR) is 132 cm³/mol. The van der Waals surface area contributed by atoms with Gasteiger partial charge in [0.1, 0.15) is 5.69 Å². The number of aromatic nitrogens is 3. The van der Waals surface area contributed by atoms with Crippen molar-refractivity contribution in [3.63, 3.8) is 0 Å². The first kappa shape index (κ1) is 23.4. The highest BCUT2D eigenvalue weighted by atomic mass is 16.1. The van der Waals surface area contributed by atoms with Crippen molar-refractivity contribution in [1.29, 1.82) is 0 Å². The molecule has 0 atom stereocenters. The maximum atomic E-state index is 12.1. The van der Waals surface area contributed by atoms with Crippen molar-refractivity contribution in [3.05, 3.63) is 64.0 Å². The van der Waals surface area contributed by atoms with Crippen LogP contribution in [0.2, 0.25) is 0 Å². The van der Waals surface area contributed by atoms with Crippen LogP contribution in [0.25, 0.3) is 10.9 Å². The highest BCUT2D eigenvalue weighted by Crippen LogP contribution is 2.18. The zero-order valence-corrected chi connectivity index (χ0v) is 19.3. The van der Waals surface area contributed by atoms with E-state index in [2.05, 4.69) is 30.1 Å². The zero-order chi connectivity index (χ0) is 23.1. The van der Waals surface area contributed by atoms with Crippen molar-refractivity contribution < 1.29 is 7.65 Å². The van der Waals surface area contributed by atoms with Crippen molar-refractivity contribution in [3.8, 4) is 0 Å². The Morgan fingerprint density at radius 2 is 1.88 bits per heavy atom. The SMILES string of the molecule is CC.CCc1cc2cnc(CN3CCN(c4ccc(C(=O)NC)nc4)CC3)cc2[nH]c1=O.[HH].[HH]. The second-order valence-electron chi connectivity index (χ2n) is 7.48. The summed E-state index contributed by atoms with van der Waals surface area (Å²) in [7, 11) is 1.60. The predicted octanol–water partition coefficient (Wildman–Crippen LogP) is 3.08. The van der Waals surface area contributed by atoms with E-state index < -0.39 is 0 Å². The Kier molecular flexibility index (Phi) is 7.94. The van der Waals surface area contributed by atoms with Gasteiger partial charge in [-0.3, -0.25) is 19.5 Å². The summed E-state index contributed by atoms with van der Waals surface area (Å²) < 4.78 is 0. The number of amides is 1. The second kappa shape index (κ2) is 10.9. The van der Waals surface area contributed by atoms with Gasteiger partial charge in [-0.05, 0) is 30.7 Å². The standard InChI is InChI=1S/C22H26N6O2.C2H6.2H2/c1-3-15-10-16-12-24-17(11-20(16)26-21(15)29)14-27-6-8-28(9-7-27)18-4-5-19(25-13-18)22(30)23-2;1-2;;/h4-5,10-13H,3,6-9,14H2,1-2H3,(H,23,30)(H,26,29);1-2H3;2*1H. The molecule has 1 fully saturated rings. The lowest BCUT2D eigenvalue weighted by molar-refractivity contribution is 0.0958. The molecule has 2 N–H and O–H groups in total. The number of hydrogen-bond acceptors (Lipinski definition) is 6. The number of carbonyl (C=O) groups excluding carboxylic acids is 1. The van der Waals surface area contributed by atoms with E-state index in [9.17, 15) is 9.59 Å².